The van der Waals surface area contributed by atoms with Crippen molar-refractivity contribution in [3.8, 4) is 5.75 Å². The average molecular weight is 328 g/mol. The van der Waals surface area contributed by atoms with Crippen LogP contribution in [0.4, 0.5) is 0 Å². The zero-order chi connectivity index (χ0) is 16.4. The first kappa shape index (κ1) is 15.6. The zero-order valence-corrected chi connectivity index (χ0v) is 13.9. The summed E-state index contributed by atoms with van der Waals surface area (Å²) in [6.07, 6.45) is 1.91. The van der Waals surface area contributed by atoms with E-state index in [1.165, 1.54) is 0 Å². The fourth-order valence-electron chi connectivity index (χ4n) is 2.66. The Balaban J connectivity index is 1.82. The van der Waals surface area contributed by atoms with E-state index in [4.69, 9.17) is 16.3 Å². The Morgan fingerprint density at radius 3 is 2.74 bits per heavy atom. The van der Waals surface area contributed by atoms with E-state index < -0.39 is 0 Å². The van der Waals surface area contributed by atoms with Crippen LogP contribution in [0, 0.1) is 6.92 Å². The molecule has 0 amide bonds. The van der Waals surface area contributed by atoms with Gasteiger partial charge in [0.25, 0.3) is 0 Å². The van der Waals surface area contributed by atoms with Crippen molar-refractivity contribution in [2.75, 3.05) is 6.61 Å². The molecule has 0 N–H and O–H groups in total. The number of para-hydroxylation sites is 1. The molecule has 23 heavy (non-hydrogen) atoms. The van der Waals surface area contributed by atoms with Crippen molar-refractivity contribution >= 4 is 28.3 Å². The maximum Gasteiger partial charge on any atom is 0.202 e. The van der Waals surface area contributed by atoms with E-state index in [9.17, 15) is 4.79 Å². The summed E-state index contributed by atoms with van der Waals surface area (Å²) in [5.74, 6) is 0.625. The second-order valence-electron chi connectivity index (χ2n) is 5.47. The van der Waals surface area contributed by atoms with Gasteiger partial charge in [-0.1, -0.05) is 29.8 Å². The molecule has 0 fully saturated rings. The Labute approximate surface area is 140 Å². The van der Waals surface area contributed by atoms with Gasteiger partial charge in [0.1, 0.15) is 5.75 Å². The zero-order valence-electron chi connectivity index (χ0n) is 13.2. The molecule has 0 aliphatic rings. The van der Waals surface area contributed by atoms with Crippen LogP contribution in [-0.4, -0.2) is 17.0 Å². The highest BCUT2D eigenvalue weighted by molar-refractivity contribution is 6.31. The standard InChI is InChI=1S/C19H18ClNO2/c1-3-21-11-16(15-6-4-5-7-18(15)21)19(22)12-23-14-8-9-17(20)13(2)10-14/h4-11H,3,12H2,1-2H3. The average Bonchev–Trinajstić information content (AvgIpc) is 2.94. The van der Waals surface area contributed by atoms with Gasteiger partial charge in [0.15, 0.2) is 6.61 Å². The minimum atomic E-state index is -0.0268. The fourth-order valence-corrected chi connectivity index (χ4v) is 2.78. The predicted molar refractivity (Wildman–Crippen MR) is 93.6 cm³/mol. The van der Waals surface area contributed by atoms with Crippen LogP contribution in [-0.2, 0) is 6.54 Å². The number of rotatable bonds is 5. The van der Waals surface area contributed by atoms with E-state index in [-0.39, 0.29) is 12.4 Å². The lowest BCUT2D eigenvalue weighted by Gasteiger charge is -2.06. The molecule has 0 aliphatic carbocycles. The number of benzene rings is 2. The van der Waals surface area contributed by atoms with Crippen LogP contribution < -0.4 is 4.74 Å². The fraction of sp³-hybridized carbons (Fsp3) is 0.211. The van der Waals surface area contributed by atoms with Gasteiger partial charge < -0.3 is 9.30 Å². The monoisotopic (exact) mass is 327 g/mol. The lowest BCUT2D eigenvalue weighted by atomic mass is 10.1. The van der Waals surface area contributed by atoms with Crippen LogP contribution in [0.15, 0.2) is 48.7 Å². The number of carbonyl (C=O) groups is 1. The van der Waals surface area contributed by atoms with Crippen molar-refractivity contribution in [1.82, 2.24) is 4.57 Å². The highest BCUT2D eigenvalue weighted by Crippen LogP contribution is 2.23. The van der Waals surface area contributed by atoms with Crippen molar-refractivity contribution in [2.45, 2.75) is 20.4 Å². The van der Waals surface area contributed by atoms with E-state index in [0.29, 0.717) is 16.3 Å². The maximum absolute atomic E-state index is 12.5. The molecule has 3 nitrogen and oxygen atoms in total. The minimum Gasteiger partial charge on any atom is -0.485 e. The molecule has 0 unspecified atom stereocenters. The van der Waals surface area contributed by atoms with Gasteiger partial charge in [-0.25, -0.2) is 0 Å². The molecular weight excluding hydrogens is 310 g/mol. The van der Waals surface area contributed by atoms with Crippen molar-refractivity contribution in [3.63, 3.8) is 0 Å². The summed E-state index contributed by atoms with van der Waals surface area (Å²) in [5, 5.41) is 1.66. The van der Waals surface area contributed by atoms with Crippen molar-refractivity contribution in [1.29, 1.82) is 0 Å². The lowest BCUT2D eigenvalue weighted by Crippen LogP contribution is -2.11. The van der Waals surface area contributed by atoms with Gasteiger partial charge in [0.05, 0.1) is 0 Å². The first-order valence-corrected chi connectivity index (χ1v) is 7.98. The molecule has 0 radical (unpaired) electrons. The van der Waals surface area contributed by atoms with Crippen LogP contribution in [0.25, 0.3) is 10.9 Å². The number of aryl methyl sites for hydroxylation is 2. The Bertz CT molecular complexity index is 867. The van der Waals surface area contributed by atoms with Crippen LogP contribution >= 0.6 is 11.6 Å². The molecule has 1 heterocycles. The van der Waals surface area contributed by atoms with Gasteiger partial charge >= 0.3 is 0 Å². The molecule has 0 spiro atoms. The van der Waals surface area contributed by atoms with Crippen LogP contribution in [0.1, 0.15) is 22.8 Å². The summed E-state index contributed by atoms with van der Waals surface area (Å²) in [6.45, 7) is 4.81. The predicted octanol–water partition coefficient (Wildman–Crippen LogP) is 4.88. The van der Waals surface area contributed by atoms with Crippen LogP contribution in [0.2, 0.25) is 5.02 Å². The summed E-state index contributed by atoms with van der Waals surface area (Å²) in [4.78, 5) is 12.5. The molecule has 3 rings (SSSR count). The van der Waals surface area contributed by atoms with Crippen LogP contribution in [0.3, 0.4) is 0 Å². The van der Waals surface area contributed by atoms with E-state index in [1.807, 2.05) is 43.5 Å². The summed E-state index contributed by atoms with van der Waals surface area (Å²) in [5.41, 5.74) is 2.70. The molecule has 0 atom stereocenters. The van der Waals surface area contributed by atoms with E-state index in [0.717, 1.165) is 23.0 Å². The smallest absolute Gasteiger partial charge is 0.202 e. The normalized spacial score (nSPS) is 10.9. The molecule has 118 valence electrons. The number of halogens is 1. The van der Waals surface area contributed by atoms with Gasteiger partial charge in [-0.3, -0.25) is 4.79 Å². The van der Waals surface area contributed by atoms with Crippen molar-refractivity contribution in [2.24, 2.45) is 0 Å². The minimum absolute atomic E-state index is 0.0127. The van der Waals surface area contributed by atoms with Gasteiger partial charge in [-0.2, -0.15) is 0 Å². The van der Waals surface area contributed by atoms with E-state index in [2.05, 4.69) is 11.5 Å². The maximum atomic E-state index is 12.5. The Hall–Kier alpha value is -2.26. The van der Waals surface area contributed by atoms with Gasteiger partial charge in [0, 0.05) is 34.2 Å². The van der Waals surface area contributed by atoms with E-state index in [1.54, 1.807) is 12.1 Å². The number of hydrogen-bond acceptors (Lipinski definition) is 2. The second kappa shape index (κ2) is 6.47. The van der Waals surface area contributed by atoms with Gasteiger partial charge in [-0.15, -0.1) is 0 Å². The number of nitrogens with zero attached hydrogens (tertiary/aromatic N) is 1. The molecule has 0 saturated heterocycles. The molecule has 4 heteroatoms. The van der Waals surface area contributed by atoms with Crippen molar-refractivity contribution < 1.29 is 9.53 Å². The largest absolute Gasteiger partial charge is 0.485 e. The Kier molecular flexibility index (Phi) is 4.39. The van der Waals surface area contributed by atoms with Gasteiger partial charge in [0.2, 0.25) is 5.78 Å². The Morgan fingerprint density at radius 2 is 2.00 bits per heavy atom. The molecule has 0 saturated carbocycles. The summed E-state index contributed by atoms with van der Waals surface area (Å²) >= 11 is 6.00. The van der Waals surface area contributed by atoms with E-state index >= 15 is 0 Å². The quantitative estimate of drug-likeness (QED) is 0.625. The second-order valence-corrected chi connectivity index (χ2v) is 5.88. The third kappa shape index (κ3) is 3.10. The molecule has 0 aliphatic heterocycles. The highest BCUT2D eigenvalue weighted by atomic mass is 35.5. The first-order valence-electron chi connectivity index (χ1n) is 7.60. The number of hydrogen-bond donors (Lipinski definition) is 0. The molecule has 0 bridgehead atoms. The third-order valence-electron chi connectivity index (χ3n) is 3.93. The van der Waals surface area contributed by atoms with Crippen LogP contribution in [0.5, 0.6) is 5.75 Å². The number of fused-ring (bicyclic) bond motifs is 1. The van der Waals surface area contributed by atoms with Gasteiger partial charge in [-0.05, 0) is 43.7 Å². The molecular formula is C19H18ClNO2. The SMILES string of the molecule is CCn1cc(C(=O)COc2ccc(Cl)c(C)c2)c2ccccc21. The molecule has 2 aromatic carbocycles. The molecule has 3 aromatic rings. The number of carbonyl (C=O) groups excluding carboxylic acids is 1. The number of ketones is 1. The summed E-state index contributed by atoms with van der Waals surface area (Å²) in [6, 6.07) is 13.3. The highest BCUT2D eigenvalue weighted by Gasteiger charge is 2.15. The lowest BCUT2D eigenvalue weighted by molar-refractivity contribution is 0.0923. The number of aromatic nitrogens is 1. The first-order chi connectivity index (χ1) is 11.1. The summed E-state index contributed by atoms with van der Waals surface area (Å²) in [7, 11) is 0. The summed E-state index contributed by atoms with van der Waals surface area (Å²) < 4.78 is 7.71. The molecule has 1 aromatic heterocycles. The third-order valence-corrected chi connectivity index (χ3v) is 4.35. The number of Topliss-reactive ketones (excluding diaryl/α,β-unsaturated/α-hetero) is 1. The Morgan fingerprint density at radius 1 is 1.22 bits per heavy atom. The number of ether oxygens (including phenoxy) is 1. The topological polar surface area (TPSA) is 31.2 Å². The van der Waals surface area contributed by atoms with Crippen molar-refractivity contribution in [3.05, 3.63) is 64.8 Å².